The van der Waals surface area contributed by atoms with Gasteiger partial charge in [0, 0.05) is 22.7 Å². The lowest BCUT2D eigenvalue weighted by molar-refractivity contribution is -0.111. The number of aromatic nitrogens is 1. The van der Waals surface area contributed by atoms with E-state index in [2.05, 4.69) is 20.8 Å². The summed E-state index contributed by atoms with van der Waals surface area (Å²) in [5, 5.41) is -0.488. The highest BCUT2D eigenvalue weighted by Gasteiger charge is 2.31. The summed E-state index contributed by atoms with van der Waals surface area (Å²) in [5.74, 6) is 0. The first kappa shape index (κ1) is 13.3. The van der Waals surface area contributed by atoms with Gasteiger partial charge in [-0.05, 0) is 30.5 Å². The Morgan fingerprint density at radius 3 is 2.44 bits per heavy atom. The van der Waals surface area contributed by atoms with E-state index in [4.69, 9.17) is 11.6 Å². The predicted molar refractivity (Wildman–Crippen MR) is 72.2 cm³/mol. The number of hydrogen-bond acceptors (Lipinski definition) is 2. The Morgan fingerprint density at radius 1 is 1.39 bits per heavy atom. The fraction of sp³-hybridized carbons (Fsp3) is 0.571. The topological polar surface area (TPSA) is 39.1 Å². The zero-order chi connectivity index (χ0) is 13.5. The van der Waals surface area contributed by atoms with Gasteiger partial charge in [0.1, 0.15) is 0 Å². The van der Waals surface area contributed by atoms with Crippen molar-refractivity contribution in [2.24, 2.45) is 0 Å². The third kappa shape index (κ3) is 2.66. The van der Waals surface area contributed by atoms with E-state index < -0.39 is 5.24 Å². The SMILES string of the molecule is CC(C)(C)c1ccc(CC(=O)Cl)c(=O)n1C1CC1. The van der Waals surface area contributed by atoms with Crippen molar-refractivity contribution in [2.75, 3.05) is 0 Å². The highest BCUT2D eigenvalue weighted by atomic mass is 35.5. The largest absolute Gasteiger partial charge is 0.309 e. The molecule has 0 saturated heterocycles. The van der Waals surface area contributed by atoms with Gasteiger partial charge in [-0.15, -0.1) is 0 Å². The molecule has 2 rings (SSSR count). The fourth-order valence-electron chi connectivity index (χ4n) is 2.19. The van der Waals surface area contributed by atoms with Crippen LogP contribution in [0.5, 0.6) is 0 Å². The van der Waals surface area contributed by atoms with Crippen LogP contribution in [0, 0.1) is 0 Å². The van der Waals surface area contributed by atoms with Crippen LogP contribution in [0.2, 0.25) is 0 Å². The Bertz CT molecular complexity index is 536. The van der Waals surface area contributed by atoms with Crippen molar-refractivity contribution >= 4 is 16.8 Å². The molecule has 0 radical (unpaired) electrons. The maximum Gasteiger partial charge on any atom is 0.254 e. The van der Waals surface area contributed by atoms with Gasteiger partial charge in [0.15, 0.2) is 0 Å². The monoisotopic (exact) mass is 267 g/mol. The van der Waals surface area contributed by atoms with Crippen molar-refractivity contribution in [1.29, 1.82) is 0 Å². The van der Waals surface area contributed by atoms with Crippen LogP contribution in [0.15, 0.2) is 16.9 Å². The number of rotatable bonds is 3. The molecule has 0 atom stereocenters. The Labute approximate surface area is 112 Å². The van der Waals surface area contributed by atoms with E-state index >= 15 is 0 Å². The second kappa shape index (κ2) is 4.54. The standard InChI is InChI=1S/C14H18ClNO2/c1-14(2,3)11-7-4-9(8-12(15)17)13(18)16(11)10-5-6-10/h4,7,10H,5-6,8H2,1-3H3. The number of pyridine rings is 1. The molecule has 1 fully saturated rings. The highest BCUT2D eigenvalue weighted by Crippen LogP contribution is 2.37. The molecule has 3 nitrogen and oxygen atoms in total. The minimum atomic E-state index is -0.488. The van der Waals surface area contributed by atoms with Gasteiger partial charge in [-0.2, -0.15) is 0 Å². The van der Waals surface area contributed by atoms with E-state index in [9.17, 15) is 9.59 Å². The van der Waals surface area contributed by atoms with E-state index in [1.165, 1.54) is 0 Å². The van der Waals surface area contributed by atoms with E-state index in [1.807, 2.05) is 10.6 Å². The summed E-state index contributed by atoms with van der Waals surface area (Å²) in [6.07, 6.45) is 2.10. The molecular formula is C14H18ClNO2. The van der Waals surface area contributed by atoms with Crippen molar-refractivity contribution < 1.29 is 4.79 Å². The van der Waals surface area contributed by atoms with Crippen LogP contribution in [0.1, 0.15) is 50.9 Å². The predicted octanol–water partition coefficient (Wildman–Crippen LogP) is 2.79. The summed E-state index contributed by atoms with van der Waals surface area (Å²) in [5.41, 5.74) is 1.39. The maximum atomic E-state index is 12.4. The van der Waals surface area contributed by atoms with Crippen LogP contribution in [0.25, 0.3) is 0 Å². The van der Waals surface area contributed by atoms with Gasteiger partial charge in [-0.3, -0.25) is 9.59 Å². The summed E-state index contributed by atoms with van der Waals surface area (Å²) >= 11 is 5.37. The summed E-state index contributed by atoms with van der Waals surface area (Å²) in [7, 11) is 0. The second-order valence-electron chi connectivity index (χ2n) is 5.93. The normalized spacial score (nSPS) is 15.8. The Hall–Kier alpha value is -1.09. The van der Waals surface area contributed by atoms with Crippen LogP contribution in [0.3, 0.4) is 0 Å². The smallest absolute Gasteiger partial charge is 0.254 e. The van der Waals surface area contributed by atoms with Crippen LogP contribution in [-0.2, 0) is 16.6 Å². The van der Waals surface area contributed by atoms with E-state index in [1.54, 1.807) is 6.07 Å². The number of halogens is 1. The highest BCUT2D eigenvalue weighted by molar-refractivity contribution is 6.63. The molecule has 98 valence electrons. The first-order valence-electron chi connectivity index (χ1n) is 6.24. The fourth-order valence-corrected chi connectivity index (χ4v) is 2.33. The quantitative estimate of drug-likeness (QED) is 0.790. The molecule has 1 saturated carbocycles. The lowest BCUT2D eigenvalue weighted by Gasteiger charge is -2.24. The van der Waals surface area contributed by atoms with Crippen molar-refractivity contribution in [3.8, 4) is 0 Å². The van der Waals surface area contributed by atoms with Crippen molar-refractivity contribution in [3.63, 3.8) is 0 Å². The molecular weight excluding hydrogens is 250 g/mol. The molecule has 1 aliphatic rings. The number of nitrogens with zero attached hydrogens (tertiary/aromatic N) is 1. The molecule has 0 aromatic carbocycles. The zero-order valence-electron chi connectivity index (χ0n) is 11.0. The first-order valence-corrected chi connectivity index (χ1v) is 6.61. The number of hydrogen-bond donors (Lipinski definition) is 0. The second-order valence-corrected chi connectivity index (χ2v) is 6.35. The third-order valence-electron chi connectivity index (χ3n) is 3.21. The molecule has 0 aliphatic heterocycles. The van der Waals surface area contributed by atoms with Gasteiger partial charge >= 0.3 is 0 Å². The van der Waals surface area contributed by atoms with Gasteiger partial charge in [-0.1, -0.05) is 26.8 Å². The lowest BCUT2D eigenvalue weighted by atomic mass is 9.90. The summed E-state index contributed by atoms with van der Waals surface area (Å²) < 4.78 is 1.86. The molecule has 1 aliphatic carbocycles. The lowest BCUT2D eigenvalue weighted by Crippen LogP contribution is -2.31. The average Bonchev–Trinajstić information content (AvgIpc) is 3.02. The van der Waals surface area contributed by atoms with Crippen molar-refractivity contribution in [1.82, 2.24) is 4.57 Å². The number of carbonyl (C=O) groups is 1. The molecule has 1 aromatic rings. The molecule has 4 heteroatoms. The first-order chi connectivity index (χ1) is 8.30. The van der Waals surface area contributed by atoms with Gasteiger partial charge in [0.25, 0.3) is 5.56 Å². The molecule has 0 spiro atoms. The van der Waals surface area contributed by atoms with Crippen LogP contribution in [0.4, 0.5) is 0 Å². The van der Waals surface area contributed by atoms with Crippen LogP contribution < -0.4 is 5.56 Å². The van der Waals surface area contributed by atoms with E-state index in [-0.39, 0.29) is 17.4 Å². The minimum absolute atomic E-state index is 0.0114. The minimum Gasteiger partial charge on any atom is -0.309 e. The molecule has 0 unspecified atom stereocenters. The van der Waals surface area contributed by atoms with Gasteiger partial charge in [0.05, 0.1) is 6.42 Å². The molecule has 0 amide bonds. The Balaban J connectivity index is 2.55. The van der Waals surface area contributed by atoms with Crippen LogP contribution in [-0.4, -0.2) is 9.81 Å². The molecule has 0 bridgehead atoms. The summed E-state index contributed by atoms with van der Waals surface area (Å²) in [4.78, 5) is 23.4. The van der Waals surface area contributed by atoms with Crippen LogP contribution >= 0.6 is 11.6 Å². The Morgan fingerprint density at radius 2 is 2.00 bits per heavy atom. The van der Waals surface area contributed by atoms with Gasteiger partial charge < -0.3 is 4.57 Å². The van der Waals surface area contributed by atoms with Crippen molar-refractivity contribution in [2.45, 2.75) is 51.5 Å². The van der Waals surface area contributed by atoms with Crippen molar-refractivity contribution in [3.05, 3.63) is 33.7 Å². The summed E-state index contributed by atoms with van der Waals surface area (Å²) in [6.45, 7) is 6.27. The molecule has 18 heavy (non-hydrogen) atoms. The molecule has 1 aromatic heterocycles. The zero-order valence-corrected chi connectivity index (χ0v) is 11.8. The molecule has 0 N–H and O–H groups in total. The molecule has 1 heterocycles. The Kier molecular flexibility index (Phi) is 3.37. The maximum absolute atomic E-state index is 12.4. The average molecular weight is 268 g/mol. The number of carbonyl (C=O) groups excluding carboxylic acids is 1. The van der Waals surface area contributed by atoms with Gasteiger partial charge in [0.2, 0.25) is 5.24 Å². The third-order valence-corrected chi connectivity index (χ3v) is 3.34. The van der Waals surface area contributed by atoms with E-state index in [0.29, 0.717) is 11.6 Å². The van der Waals surface area contributed by atoms with E-state index in [0.717, 1.165) is 18.5 Å². The van der Waals surface area contributed by atoms with Gasteiger partial charge in [-0.25, -0.2) is 0 Å². The summed E-state index contributed by atoms with van der Waals surface area (Å²) in [6, 6.07) is 3.99.